The Labute approximate surface area is 197 Å². The Morgan fingerprint density at radius 3 is 2.06 bits per heavy atom. The molecule has 4 nitrogen and oxygen atoms in total. The van der Waals surface area contributed by atoms with Gasteiger partial charge in [-0.1, -0.05) is 30.6 Å². The fourth-order valence-corrected chi connectivity index (χ4v) is 4.01. The average Bonchev–Trinajstić information content (AvgIpc) is 2.85. The van der Waals surface area contributed by atoms with Gasteiger partial charge in [0.05, 0.1) is 19.3 Å². The predicted molar refractivity (Wildman–Crippen MR) is 131 cm³/mol. The molecule has 174 valence electrons. The van der Waals surface area contributed by atoms with Crippen molar-refractivity contribution in [2.75, 3.05) is 13.2 Å². The third-order valence-corrected chi connectivity index (χ3v) is 6.00. The Bertz CT molecular complexity index is 926. The summed E-state index contributed by atoms with van der Waals surface area (Å²) in [5, 5.41) is 9.68. The number of unbranched alkanes of at least 4 members (excludes halogenated alkanes) is 3. The molecule has 3 rings (SSSR count). The number of aliphatic hydroxyl groups excluding tert-OH is 1. The van der Waals surface area contributed by atoms with Crippen LogP contribution in [-0.2, 0) is 9.53 Å². The summed E-state index contributed by atoms with van der Waals surface area (Å²) in [4.78, 5) is 10.9. The zero-order valence-corrected chi connectivity index (χ0v) is 19.3. The maximum absolute atomic E-state index is 10.9. The summed E-state index contributed by atoms with van der Waals surface area (Å²) in [5.41, 5.74) is 3.32. The molecule has 0 spiro atoms. The van der Waals surface area contributed by atoms with Crippen LogP contribution in [0.2, 0.25) is 0 Å². The first kappa shape index (κ1) is 24.6. The van der Waals surface area contributed by atoms with Gasteiger partial charge in [-0.05, 0) is 99.2 Å². The Morgan fingerprint density at radius 1 is 0.879 bits per heavy atom. The molecule has 1 aliphatic carbocycles. The van der Waals surface area contributed by atoms with E-state index in [9.17, 15) is 9.90 Å². The summed E-state index contributed by atoms with van der Waals surface area (Å²) in [6, 6.07) is 16.4. The SMILES string of the molecule is C=CC(=O)OCCCCCCOc1ccc(C#Cc2ccc(C3CCC(O)CC3)cc2)cc1. The Balaban J connectivity index is 1.36. The highest BCUT2D eigenvalue weighted by atomic mass is 16.5. The van der Waals surface area contributed by atoms with E-state index in [1.54, 1.807) is 0 Å². The van der Waals surface area contributed by atoms with Crippen molar-refractivity contribution in [3.8, 4) is 17.6 Å². The lowest BCUT2D eigenvalue weighted by atomic mass is 9.82. The van der Waals surface area contributed by atoms with E-state index in [2.05, 4.69) is 42.7 Å². The molecule has 1 saturated carbocycles. The lowest BCUT2D eigenvalue weighted by Crippen LogP contribution is -2.16. The maximum atomic E-state index is 10.9. The maximum Gasteiger partial charge on any atom is 0.330 e. The molecule has 2 aromatic carbocycles. The van der Waals surface area contributed by atoms with E-state index in [1.165, 1.54) is 11.6 Å². The molecule has 0 saturated heterocycles. The van der Waals surface area contributed by atoms with Crippen LogP contribution >= 0.6 is 0 Å². The zero-order chi connectivity index (χ0) is 23.3. The minimum absolute atomic E-state index is 0.116. The van der Waals surface area contributed by atoms with E-state index in [-0.39, 0.29) is 12.1 Å². The second kappa shape index (κ2) is 13.5. The van der Waals surface area contributed by atoms with Gasteiger partial charge in [0.1, 0.15) is 5.75 Å². The minimum atomic E-state index is -0.360. The fourth-order valence-electron chi connectivity index (χ4n) is 4.01. The van der Waals surface area contributed by atoms with Crippen molar-refractivity contribution in [3.05, 3.63) is 77.9 Å². The molecule has 4 heteroatoms. The van der Waals surface area contributed by atoms with Gasteiger partial charge in [0.2, 0.25) is 0 Å². The number of hydrogen-bond donors (Lipinski definition) is 1. The van der Waals surface area contributed by atoms with Crippen molar-refractivity contribution in [1.29, 1.82) is 0 Å². The third-order valence-electron chi connectivity index (χ3n) is 6.00. The molecule has 0 bridgehead atoms. The van der Waals surface area contributed by atoms with Gasteiger partial charge in [0.15, 0.2) is 0 Å². The van der Waals surface area contributed by atoms with Crippen molar-refractivity contribution in [3.63, 3.8) is 0 Å². The summed E-state index contributed by atoms with van der Waals surface area (Å²) in [6.45, 7) is 4.49. The summed E-state index contributed by atoms with van der Waals surface area (Å²) < 4.78 is 10.8. The number of benzene rings is 2. The Morgan fingerprint density at radius 2 is 1.45 bits per heavy atom. The number of hydrogen-bond acceptors (Lipinski definition) is 4. The Kier molecular flexibility index (Phi) is 10.1. The van der Waals surface area contributed by atoms with Gasteiger partial charge >= 0.3 is 5.97 Å². The van der Waals surface area contributed by atoms with Crippen LogP contribution in [0.15, 0.2) is 61.2 Å². The summed E-state index contributed by atoms with van der Waals surface area (Å²) >= 11 is 0. The van der Waals surface area contributed by atoms with Gasteiger partial charge < -0.3 is 14.6 Å². The lowest BCUT2D eigenvalue weighted by molar-refractivity contribution is -0.137. The number of aliphatic hydroxyl groups is 1. The molecule has 1 N–H and O–H groups in total. The number of carbonyl (C=O) groups is 1. The number of carbonyl (C=O) groups excluding carboxylic acids is 1. The zero-order valence-electron chi connectivity index (χ0n) is 19.3. The second-order valence-electron chi connectivity index (χ2n) is 8.54. The average molecular weight is 447 g/mol. The van der Waals surface area contributed by atoms with Gasteiger partial charge in [0.25, 0.3) is 0 Å². The van der Waals surface area contributed by atoms with Gasteiger partial charge in [-0.25, -0.2) is 4.79 Å². The number of esters is 1. The molecule has 0 heterocycles. The van der Waals surface area contributed by atoms with E-state index in [1.807, 2.05) is 24.3 Å². The van der Waals surface area contributed by atoms with Crippen LogP contribution in [0.4, 0.5) is 0 Å². The highest BCUT2D eigenvalue weighted by Crippen LogP contribution is 2.32. The van der Waals surface area contributed by atoms with Crippen LogP contribution in [0.3, 0.4) is 0 Å². The molecule has 2 aromatic rings. The third kappa shape index (κ3) is 8.79. The lowest BCUT2D eigenvalue weighted by Gasteiger charge is -2.25. The first-order valence-corrected chi connectivity index (χ1v) is 12.0. The van der Waals surface area contributed by atoms with Crippen LogP contribution < -0.4 is 4.74 Å². The van der Waals surface area contributed by atoms with E-state index in [0.29, 0.717) is 19.1 Å². The summed E-state index contributed by atoms with van der Waals surface area (Å²) in [7, 11) is 0. The Hall–Kier alpha value is -3.03. The molecule has 33 heavy (non-hydrogen) atoms. The summed E-state index contributed by atoms with van der Waals surface area (Å²) in [6.07, 6.45) is 8.88. The van der Waals surface area contributed by atoms with E-state index in [4.69, 9.17) is 9.47 Å². The van der Waals surface area contributed by atoms with Crippen molar-refractivity contribution < 1.29 is 19.4 Å². The van der Waals surface area contributed by atoms with Gasteiger partial charge in [0, 0.05) is 17.2 Å². The largest absolute Gasteiger partial charge is 0.494 e. The van der Waals surface area contributed by atoms with E-state index >= 15 is 0 Å². The monoisotopic (exact) mass is 446 g/mol. The first-order chi connectivity index (χ1) is 16.1. The molecule has 0 amide bonds. The number of ether oxygens (including phenoxy) is 2. The predicted octanol–water partition coefficient (Wildman–Crippen LogP) is 5.77. The van der Waals surface area contributed by atoms with Crippen LogP contribution in [0, 0.1) is 11.8 Å². The molecule has 1 aliphatic rings. The second-order valence-corrected chi connectivity index (χ2v) is 8.54. The van der Waals surface area contributed by atoms with Gasteiger partial charge in [-0.15, -0.1) is 0 Å². The first-order valence-electron chi connectivity index (χ1n) is 12.0. The smallest absolute Gasteiger partial charge is 0.330 e. The minimum Gasteiger partial charge on any atom is -0.494 e. The molecule has 1 fully saturated rings. The highest BCUT2D eigenvalue weighted by Gasteiger charge is 2.20. The van der Waals surface area contributed by atoms with Gasteiger partial charge in [-0.2, -0.15) is 0 Å². The van der Waals surface area contributed by atoms with Crippen LogP contribution in [0.25, 0.3) is 0 Å². The molecule has 0 radical (unpaired) electrons. The molecule has 0 unspecified atom stereocenters. The van der Waals surface area contributed by atoms with Crippen molar-refractivity contribution in [2.24, 2.45) is 0 Å². The standard InChI is InChI=1S/C29H34O4/c1-2-29(31)33-22-6-4-3-5-21-32-28-19-11-24(12-20-28)8-7-23-9-13-25(14-10-23)26-15-17-27(30)18-16-26/h2,9-14,19-20,26-27,30H,1,3-6,15-18,21-22H2. The molecule has 0 aromatic heterocycles. The number of rotatable bonds is 10. The summed E-state index contributed by atoms with van der Waals surface area (Å²) in [5.74, 6) is 7.51. The van der Waals surface area contributed by atoms with Crippen molar-refractivity contribution in [2.45, 2.75) is 63.4 Å². The molecular formula is C29H34O4. The topological polar surface area (TPSA) is 55.8 Å². The molecule has 0 aliphatic heterocycles. The van der Waals surface area contributed by atoms with E-state index in [0.717, 1.165) is 68.2 Å². The van der Waals surface area contributed by atoms with Crippen molar-refractivity contribution in [1.82, 2.24) is 0 Å². The van der Waals surface area contributed by atoms with Gasteiger partial charge in [-0.3, -0.25) is 0 Å². The molecule has 0 atom stereocenters. The van der Waals surface area contributed by atoms with Crippen molar-refractivity contribution >= 4 is 5.97 Å². The fraction of sp³-hybridized carbons (Fsp3) is 0.414. The van der Waals surface area contributed by atoms with Crippen LogP contribution in [-0.4, -0.2) is 30.4 Å². The quantitative estimate of drug-likeness (QED) is 0.218. The van der Waals surface area contributed by atoms with Crippen LogP contribution in [0.1, 0.15) is 74.0 Å². The highest BCUT2D eigenvalue weighted by molar-refractivity contribution is 5.81. The molecular weight excluding hydrogens is 412 g/mol. The van der Waals surface area contributed by atoms with Crippen LogP contribution in [0.5, 0.6) is 5.75 Å². The van der Waals surface area contributed by atoms with E-state index < -0.39 is 0 Å². The normalized spacial score (nSPS) is 17.5.